The summed E-state index contributed by atoms with van der Waals surface area (Å²) in [4.78, 5) is 12.7. The Morgan fingerprint density at radius 2 is 0.830 bits per heavy atom. The first-order chi connectivity index (χ1) is 25.6. The van der Waals surface area contributed by atoms with Crippen molar-refractivity contribution in [2.75, 3.05) is 21.3 Å². The van der Waals surface area contributed by atoms with Crippen LogP contribution in [0.2, 0.25) is 0 Å². The zero-order chi connectivity index (χ0) is 35.3. The van der Waals surface area contributed by atoms with Crippen LogP contribution in [-0.4, -0.2) is 42.8 Å². The summed E-state index contributed by atoms with van der Waals surface area (Å²) in [6, 6.07) is 45.3. The van der Waals surface area contributed by atoms with Gasteiger partial charge in [0, 0.05) is 68.8 Å². The van der Waals surface area contributed by atoms with Crippen LogP contribution < -0.4 is 14.2 Å². The number of methoxy groups -OCH3 is 3. The van der Waals surface area contributed by atoms with Gasteiger partial charge in [-0.1, -0.05) is 54.6 Å². The van der Waals surface area contributed by atoms with Crippen molar-refractivity contribution < 1.29 is 33.7 Å². The molecule has 0 amide bonds. The topological polar surface area (TPSA) is 95.5 Å². The number of nitrogens with zero attached hydrogens (tertiary/aromatic N) is 1. The maximum atomic E-state index is 9.09. The van der Waals surface area contributed by atoms with Crippen LogP contribution in [0.1, 0.15) is 16.7 Å². The molecule has 3 N–H and O–H groups in total. The summed E-state index contributed by atoms with van der Waals surface area (Å²) in [6.07, 6.45) is 0. The van der Waals surface area contributed by atoms with Gasteiger partial charge in [0.05, 0.1) is 49.8 Å². The zero-order valence-corrected chi connectivity index (χ0v) is 32.5. The predicted molar refractivity (Wildman–Crippen MR) is 210 cm³/mol. The van der Waals surface area contributed by atoms with Crippen LogP contribution >= 0.6 is 0 Å². The summed E-state index contributed by atoms with van der Waals surface area (Å²) < 4.78 is 16.4. The summed E-state index contributed by atoms with van der Waals surface area (Å²) in [5.41, 5.74) is 11.4. The summed E-state index contributed by atoms with van der Waals surface area (Å²) in [5, 5.41) is 13.5. The first kappa shape index (κ1) is 33.9. The Kier molecular flexibility index (Phi) is 8.77. The number of aromatic nitrogens is 2. The van der Waals surface area contributed by atoms with Gasteiger partial charge in [-0.25, -0.2) is 4.99 Å². The number of aliphatic imine (C=N–C) groups is 1. The fourth-order valence-electron chi connectivity index (χ4n) is 7.44. The Hall–Kier alpha value is -6.24. The molecule has 7 nitrogen and oxygen atoms in total. The summed E-state index contributed by atoms with van der Waals surface area (Å²) in [5.74, 6) is 2.60. The Bertz CT molecular complexity index is 2690. The van der Waals surface area contributed by atoms with Gasteiger partial charge in [-0.3, -0.25) is 5.41 Å². The maximum Gasteiger partial charge on any atom is 0.153 e. The molecule has 254 valence electrons. The number of nitrogens with one attached hydrogen (secondary N) is 3. The van der Waals surface area contributed by atoms with Crippen molar-refractivity contribution >= 4 is 33.1 Å². The number of ether oxygens (including phenoxy) is 3. The minimum Gasteiger partial charge on any atom is -0.497 e. The van der Waals surface area contributed by atoms with Gasteiger partial charge < -0.3 is 24.2 Å². The molecule has 6 aromatic carbocycles. The molecule has 0 bridgehead atoms. The molecule has 0 aliphatic carbocycles. The Labute approximate surface area is 319 Å². The molecule has 8 aromatic rings. The van der Waals surface area contributed by atoms with Crippen LogP contribution in [0.4, 0.5) is 0 Å². The molecule has 3 heterocycles. The van der Waals surface area contributed by atoms with E-state index in [1.54, 1.807) is 21.3 Å². The SMILES string of the molecule is COc1ccc(C2=NC(=N)c3ccc(-c4[nH]c(-c5ccc(OC)cc5)c5ccccc45)c(-c4[nH]c(-c5ccc(OC)cc5)c5ccccc45)c32)cc1.[Zn]. The van der Waals surface area contributed by atoms with Gasteiger partial charge in [0.1, 0.15) is 17.2 Å². The van der Waals surface area contributed by atoms with Crippen LogP contribution in [0.15, 0.2) is 138 Å². The third-order valence-electron chi connectivity index (χ3n) is 9.99. The van der Waals surface area contributed by atoms with Crippen LogP contribution in [-0.2, 0) is 19.5 Å². The minimum absolute atomic E-state index is 0. The summed E-state index contributed by atoms with van der Waals surface area (Å²) in [6.45, 7) is 0. The first-order valence-electron chi connectivity index (χ1n) is 17.1. The predicted octanol–water partition coefficient (Wildman–Crippen LogP) is 10.5. The first-order valence-corrected chi connectivity index (χ1v) is 17.1. The van der Waals surface area contributed by atoms with E-state index in [1.165, 1.54) is 0 Å². The van der Waals surface area contributed by atoms with Gasteiger partial charge in [-0.15, -0.1) is 0 Å². The van der Waals surface area contributed by atoms with Crippen molar-refractivity contribution in [1.29, 1.82) is 5.41 Å². The third-order valence-corrected chi connectivity index (χ3v) is 9.99. The minimum atomic E-state index is 0. The molecule has 0 spiro atoms. The Morgan fingerprint density at radius 3 is 1.30 bits per heavy atom. The quantitative estimate of drug-likeness (QED) is 0.135. The van der Waals surface area contributed by atoms with Gasteiger partial charge >= 0.3 is 0 Å². The van der Waals surface area contributed by atoms with E-state index >= 15 is 0 Å². The van der Waals surface area contributed by atoms with Crippen molar-refractivity contribution in [2.24, 2.45) is 4.99 Å². The molecule has 8 heteroatoms. The molecular weight excluding hydrogens is 710 g/mol. The number of rotatable bonds is 8. The Balaban J connectivity index is 0.00000400. The molecule has 9 rings (SSSR count). The maximum absolute atomic E-state index is 9.09. The molecule has 0 saturated heterocycles. The van der Waals surface area contributed by atoms with E-state index in [1.807, 2.05) is 54.6 Å². The standard InChI is InChI=1S/C45H34N4O3.Zn/c1-50-29-18-12-26(13-19-29)40-32-8-4-6-10-34(32)43(47-40)36-24-25-37-39(42(49-45(37)46)28-16-22-31(52-3)23-17-28)38(36)44-35-11-7-5-9-33(35)41(48-44)27-14-20-30(51-2)21-15-27;/h4-25,46-48H,1-3H3;. The monoisotopic (exact) mass is 742 g/mol. The number of amidine groups is 1. The summed E-state index contributed by atoms with van der Waals surface area (Å²) >= 11 is 0. The van der Waals surface area contributed by atoms with Crippen molar-refractivity contribution in [3.63, 3.8) is 0 Å². The van der Waals surface area contributed by atoms with Gasteiger partial charge in [-0.2, -0.15) is 0 Å². The molecule has 2 aromatic heterocycles. The van der Waals surface area contributed by atoms with Gasteiger partial charge in [0.2, 0.25) is 0 Å². The van der Waals surface area contributed by atoms with E-state index < -0.39 is 0 Å². The average Bonchev–Trinajstić information content (AvgIpc) is 3.89. The zero-order valence-electron chi connectivity index (χ0n) is 29.6. The molecular formula is C45H34N4O3Zn. The number of benzene rings is 6. The van der Waals surface area contributed by atoms with E-state index in [4.69, 9.17) is 24.6 Å². The van der Waals surface area contributed by atoms with Crippen LogP contribution in [0.5, 0.6) is 17.2 Å². The van der Waals surface area contributed by atoms with Crippen LogP contribution in [0, 0.1) is 5.41 Å². The molecule has 0 unspecified atom stereocenters. The third kappa shape index (κ3) is 5.63. The second kappa shape index (κ2) is 13.7. The van der Waals surface area contributed by atoms with Crippen LogP contribution in [0.25, 0.3) is 66.6 Å². The number of hydrogen-bond acceptors (Lipinski definition) is 4. The van der Waals surface area contributed by atoms with E-state index in [0.29, 0.717) is 0 Å². The van der Waals surface area contributed by atoms with E-state index in [-0.39, 0.29) is 25.3 Å². The van der Waals surface area contributed by atoms with Crippen molar-refractivity contribution in [3.8, 4) is 62.3 Å². The molecule has 1 aliphatic rings. The van der Waals surface area contributed by atoms with Gasteiger partial charge in [0.25, 0.3) is 0 Å². The van der Waals surface area contributed by atoms with Crippen molar-refractivity contribution in [2.45, 2.75) is 0 Å². The molecule has 0 fully saturated rings. The van der Waals surface area contributed by atoms with Crippen LogP contribution in [0.3, 0.4) is 0 Å². The number of H-pyrrole nitrogens is 2. The average molecular weight is 744 g/mol. The fourth-order valence-corrected chi connectivity index (χ4v) is 7.44. The number of hydrogen-bond donors (Lipinski definition) is 3. The molecule has 1 aliphatic heterocycles. The number of fused-ring (bicyclic) bond motifs is 3. The van der Waals surface area contributed by atoms with Crippen molar-refractivity contribution in [3.05, 3.63) is 150 Å². The molecule has 0 saturated carbocycles. The van der Waals surface area contributed by atoms with Gasteiger partial charge in [0.15, 0.2) is 5.84 Å². The Morgan fingerprint density at radius 1 is 0.434 bits per heavy atom. The fraction of sp³-hybridized carbons (Fsp3) is 0.0667. The second-order valence-electron chi connectivity index (χ2n) is 12.7. The van der Waals surface area contributed by atoms with Crippen molar-refractivity contribution in [1.82, 2.24) is 9.97 Å². The van der Waals surface area contributed by atoms with E-state index in [2.05, 4.69) is 88.8 Å². The molecule has 0 atom stereocenters. The smallest absolute Gasteiger partial charge is 0.153 e. The molecule has 53 heavy (non-hydrogen) atoms. The summed E-state index contributed by atoms with van der Waals surface area (Å²) in [7, 11) is 5.02. The largest absolute Gasteiger partial charge is 0.497 e. The normalized spacial score (nSPS) is 12.1. The number of aromatic amines is 2. The van der Waals surface area contributed by atoms with E-state index in [0.717, 1.165) is 106 Å². The van der Waals surface area contributed by atoms with E-state index in [9.17, 15) is 0 Å². The second-order valence-corrected chi connectivity index (χ2v) is 12.7. The molecule has 0 radical (unpaired) electrons. The van der Waals surface area contributed by atoms with Gasteiger partial charge in [-0.05, 0) is 90.0 Å².